The molecule has 0 saturated heterocycles. The molecule has 240 valence electrons. The first-order chi connectivity index (χ1) is 20.0. The van der Waals surface area contributed by atoms with Gasteiger partial charge in [0.05, 0.1) is 30.9 Å². The van der Waals surface area contributed by atoms with Crippen LogP contribution in [-0.4, -0.2) is 51.3 Å². The molecule has 1 aromatic heterocycles. The minimum atomic E-state index is -1.94. The Bertz CT molecular complexity index is 1480. The normalized spacial score (nSPS) is 16.0. The van der Waals surface area contributed by atoms with Crippen molar-refractivity contribution in [2.24, 2.45) is 0 Å². The Labute approximate surface area is 273 Å². The first-order valence-electron chi connectivity index (χ1n) is 15.0. The number of ether oxygens (including phenoxy) is 1. The molecule has 3 aromatic rings. The number of benzene rings is 2. The van der Waals surface area contributed by atoms with Crippen molar-refractivity contribution in [1.82, 2.24) is 14.4 Å². The molecule has 0 saturated carbocycles. The van der Waals surface area contributed by atoms with Crippen LogP contribution in [0.15, 0.2) is 40.9 Å². The maximum atomic E-state index is 13.9. The van der Waals surface area contributed by atoms with E-state index in [0.717, 1.165) is 29.5 Å². The molecular formula is C33H47ClN4O4SSi. The fraction of sp³-hybridized carbons (Fsp3) is 0.545. The van der Waals surface area contributed by atoms with Gasteiger partial charge in [0.1, 0.15) is 16.6 Å². The molecule has 0 amide bonds. The maximum absolute atomic E-state index is 13.9. The lowest BCUT2D eigenvalue weighted by molar-refractivity contribution is 0.223. The highest BCUT2D eigenvalue weighted by Gasteiger charge is 2.43. The van der Waals surface area contributed by atoms with E-state index in [1.807, 2.05) is 52.8 Å². The van der Waals surface area contributed by atoms with E-state index in [9.17, 15) is 9.81 Å². The number of nitrogens with zero attached hydrogens (tertiary/aromatic N) is 4. The Balaban J connectivity index is 0.00000529. The predicted octanol–water partition coefficient (Wildman–Crippen LogP) is 8.26. The van der Waals surface area contributed by atoms with Crippen molar-refractivity contribution in [1.29, 1.82) is 5.26 Å². The third kappa shape index (κ3) is 7.87. The third-order valence-corrected chi connectivity index (χ3v) is 14.7. The Kier molecular flexibility index (Phi) is 11.4. The number of fused-ring (bicyclic) bond motifs is 1. The van der Waals surface area contributed by atoms with Gasteiger partial charge in [-0.3, -0.25) is 0 Å². The summed E-state index contributed by atoms with van der Waals surface area (Å²) in [5.41, 5.74) is 4.29. The van der Waals surface area contributed by atoms with Crippen LogP contribution in [0.2, 0.25) is 18.1 Å². The number of nitriles is 1. The summed E-state index contributed by atoms with van der Waals surface area (Å²) in [4.78, 5) is 4.72. The van der Waals surface area contributed by atoms with Crippen LogP contribution in [-0.2, 0) is 22.2 Å². The second-order valence-electron chi connectivity index (χ2n) is 14.0. The molecule has 0 unspecified atom stereocenters. The zero-order chi connectivity index (χ0) is 31.7. The van der Waals surface area contributed by atoms with Crippen LogP contribution in [0, 0.1) is 11.3 Å². The second-order valence-corrected chi connectivity index (χ2v) is 21.0. The summed E-state index contributed by atoms with van der Waals surface area (Å²) < 4.78 is 33.6. The summed E-state index contributed by atoms with van der Waals surface area (Å²) in [6, 6.07) is 13.7. The average Bonchev–Trinajstić information content (AvgIpc) is 3.57. The zero-order valence-corrected chi connectivity index (χ0v) is 30.3. The van der Waals surface area contributed by atoms with Gasteiger partial charge in [-0.1, -0.05) is 44.1 Å². The Hall–Kier alpha value is -2.39. The van der Waals surface area contributed by atoms with E-state index in [1.54, 1.807) is 12.1 Å². The Morgan fingerprint density at radius 2 is 1.86 bits per heavy atom. The molecule has 44 heavy (non-hydrogen) atoms. The standard InChI is InChI=1S/C33H46N4O4SSi.ClH/c1-22(2)40-29-17-14-23(20-24(29)21-34)31-35-30(36-41-31)27-13-11-12-26-25(27)15-16-28(26)37(42(38)32(3,4)5)18-19-39-43(9,10)33(6,7)8;/h11-14,17,20,22,28H,15-16,18-19H2,1-10H3;1H/t28-,42+;/m0./s1. The summed E-state index contributed by atoms with van der Waals surface area (Å²) in [5.74, 6) is 1.37. The minimum Gasteiger partial charge on any atom is -0.597 e. The van der Waals surface area contributed by atoms with Gasteiger partial charge >= 0.3 is 0 Å². The average molecular weight is 659 g/mol. The van der Waals surface area contributed by atoms with Crippen LogP contribution in [0.3, 0.4) is 0 Å². The quantitative estimate of drug-likeness (QED) is 0.158. The Morgan fingerprint density at radius 3 is 2.48 bits per heavy atom. The van der Waals surface area contributed by atoms with Crippen LogP contribution < -0.4 is 4.74 Å². The highest BCUT2D eigenvalue weighted by molar-refractivity contribution is 7.90. The van der Waals surface area contributed by atoms with Crippen LogP contribution in [0.1, 0.15) is 84.5 Å². The van der Waals surface area contributed by atoms with Gasteiger partial charge < -0.3 is 18.2 Å². The van der Waals surface area contributed by atoms with Gasteiger partial charge in [-0.25, -0.2) is 0 Å². The van der Waals surface area contributed by atoms with Crippen LogP contribution in [0.4, 0.5) is 0 Å². The number of rotatable bonds is 10. The number of hydrogen-bond donors (Lipinski definition) is 0. The fourth-order valence-electron chi connectivity index (χ4n) is 5.01. The largest absolute Gasteiger partial charge is 0.597 e. The van der Waals surface area contributed by atoms with Crippen molar-refractivity contribution in [3.8, 4) is 34.7 Å². The minimum absolute atomic E-state index is 0. The summed E-state index contributed by atoms with van der Waals surface area (Å²) in [6.07, 6.45) is 1.63. The van der Waals surface area contributed by atoms with E-state index < -0.39 is 24.4 Å². The smallest absolute Gasteiger partial charge is 0.258 e. The number of aromatic nitrogens is 2. The van der Waals surface area contributed by atoms with Gasteiger partial charge in [0.15, 0.2) is 8.32 Å². The highest BCUT2D eigenvalue weighted by Crippen LogP contribution is 2.43. The molecule has 0 fully saturated rings. The van der Waals surface area contributed by atoms with E-state index in [0.29, 0.717) is 41.7 Å². The van der Waals surface area contributed by atoms with Gasteiger partial charge in [-0.15, -0.1) is 16.7 Å². The monoisotopic (exact) mass is 658 g/mol. The molecule has 1 aliphatic rings. The van der Waals surface area contributed by atoms with E-state index >= 15 is 0 Å². The summed E-state index contributed by atoms with van der Waals surface area (Å²) in [6.45, 7) is 22.3. The third-order valence-electron chi connectivity index (χ3n) is 8.28. The predicted molar refractivity (Wildman–Crippen MR) is 182 cm³/mol. The second kappa shape index (κ2) is 13.9. The fourth-order valence-corrected chi connectivity index (χ4v) is 7.44. The number of hydrogen-bond acceptors (Lipinski definition) is 8. The SMILES string of the molecule is CC(C)Oc1ccc(-c2nc(-c3cccc4c3CC[C@@H]4N(CCO[Si](C)(C)C(C)(C)C)[S@+]([O-])C(C)(C)C)no2)cc1C#N.Cl. The maximum Gasteiger partial charge on any atom is 0.258 e. The van der Waals surface area contributed by atoms with Gasteiger partial charge in [0, 0.05) is 22.5 Å². The van der Waals surface area contributed by atoms with E-state index in [2.05, 4.69) is 55.5 Å². The van der Waals surface area contributed by atoms with Gasteiger partial charge in [-0.2, -0.15) is 10.2 Å². The van der Waals surface area contributed by atoms with Crippen LogP contribution >= 0.6 is 12.4 Å². The van der Waals surface area contributed by atoms with Crippen molar-refractivity contribution in [2.75, 3.05) is 13.2 Å². The summed E-state index contributed by atoms with van der Waals surface area (Å²) in [7, 11) is -1.94. The lowest BCUT2D eigenvalue weighted by Crippen LogP contribution is -2.48. The van der Waals surface area contributed by atoms with E-state index in [-0.39, 0.29) is 29.6 Å². The first kappa shape index (κ1) is 36.1. The van der Waals surface area contributed by atoms with Crippen LogP contribution in [0.5, 0.6) is 5.75 Å². The molecule has 11 heteroatoms. The topological polar surface area (TPSA) is 107 Å². The molecule has 0 N–H and O–H groups in total. The molecule has 0 spiro atoms. The Morgan fingerprint density at radius 1 is 1.16 bits per heavy atom. The van der Waals surface area contributed by atoms with Gasteiger partial charge in [-0.05, 0) is 94.9 Å². The first-order valence-corrected chi connectivity index (χ1v) is 19.0. The van der Waals surface area contributed by atoms with Crippen molar-refractivity contribution < 1.29 is 18.2 Å². The number of halogens is 1. The lowest BCUT2D eigenvalue weighted by atomic mass is 10.0. The molecule has 0 bridgehead atoms. The molecule has 1 heterocycles. The van der Waals surface area contributed by atoms with Crippen molar-refractivity contribution in [2.45, 2.75) is 103 Å². The molecule has 4 rings (SSSR count). The van der Waals surface area contributed by atoms with Crippen LogP contribution in [0.25, 0.3) is 22.8 Å². The van der Waals surface area contributed by atoms with E-state index in [4.69, 9.17) is 18.7 Å². The molecule has 1 aliphatic carbocycles. The van der Waals surface area contributed by atoms with Crippen molar-refractivity contribution >= 4 is 32.1 Å². The molecule has 0 aliphatic heterocycles. The van der Waals surface area contributed by atoms with Crippen molar-refractivity contribution in [3.63, 3.8) is 0 Å². The molecule has 2 aromatic carbocycles. The molecular weight excluding hydrogens is 612 g/mol. The van der Waals surface area contributed by atoms with E-state index in [1.165, 1.54) is 0 Å². The summed E-state index contributed by atoms with van der Waals surface area (Å²) >= 11 is -1.22. The molecule has 0 radical (unpaired) electrons. The summed E-state index contributed by atoms with van der Waals surface area (Å²) in [5, 5.41) is 14.1. The molecule has 8 nitrogen and oxygen atoms in total. The zero-order valence-electron chi connectivity index (χ0n) is 27.7. The van der Waals surface area contributed by atoms with Crippen molar-refractivity contribution in [3.05, 3.63) is 53.1 Å². The lowest BCUT2D eigenvalue weighted by Gasteiger charge is -2.39. The van der Waals surface area contributed by atoms with Gasteiger partial charge in [0.25, 0.3) is 5.89 Å². The highest BCUT2D eigenvalue weighted by atomic mass is 35.5. The van der Waals surface area contributed by atoms with Gasteiger partial charge in [0.2, 0.25) is 5.82 Å². The molecule has 2 atom stereocenters.